The van der Waals surface area contributed by atoms with E-state index in [2.05, 4.69) is 0 Å². The Bertz CT molecular complexity index is 470. The third-order valence-corrected chi connectivity index (χ3v) is 4.57. The highest BCUT2D eigenvalue weighted by Gasteiger charge is 2.24. The van der Waals surface area contributed by atoms with E-state index in [1.54, 1.807) is 17.0 Å². The van der Waals surface area contributed by atoms with Gasteiger partial charge in [0.25, 0.3) is 0 Å². The fourth-order valence-corrected chi connectivity index (χ4v) is 3.43. The predicted octanol–water partition coefficient (Wildman–Crippen LogP) is 2.82. The Balaban J connectivity index is 1.78. The number of aliphatic hydroxyl groups is 1. The molecule has 1 amide bonds. The number of halogens is 2. The number of β-amino-alcohol motifs (C(OH)–C–C–N with tert-alkyl or cyclic N) is 1. The summed E-state index contributed by atoms with van der Waals surface area (Å²) >= 11 is 13.4. The summed E-state index contributed by atoms with van der Waals surface area (Å²) in [4.78, 5) is 13.6. The number of carbonyl (C=O) groups is 1. The first-order valence-corrected chi connectivity index (χ1v) is 7.95. The highest BCUT2D eigenvalue weighted by molar-refractivity contribution is 7.99. The third-order valence-electron chi connectivity index (χ3n) is 3.01. The van der Waals surface area contributed by atoms with Gasteiger partial charge in [-0.3, -0.25) is 4.79 Å². The summed E-state index contributed by atoms with van der Waals surface area (Å²) in [5, 5.41) is 10.6. The normalized spacial score (nSPS) is 18.9. The smallest absolute Gasteiger partial charge is 0.232 e. The van der Waals surface area contributed by atoms with Crippen LogP contribution in [0.1, 0.15) is 12.0 Å². The molecule has 1 N–H and O–H groups in total. The number of hydrogen-bond acceptors (Lipinski definition) is 3. The largest absolute Gasteiger partial charge is 0.391 e. The Morgan fingerprint density at radius 1 is 1.47 bits per heavy atom. The monoisotopic (exact) mass is 319 g/mol. The van der Waals surface area contributed by atoms with Crippen LogP contribution in [0.4, 0.5) is 0 Å². The zero-order chi connectivity index (χ0) is 13.8. The van der Waals surface area contributed by atoms with Crippen LogP contribution in [-0.2, 0) is 10.5 Å². The molecule has 1 fully saturated rings. The standard InChI is InChI=1S/C13H15Cl2NO2S/c14-10-2-1-9(12(15)5-10)7-19-8-13(18)16-4-3-11(17)6-16/h1-2,5,11,17H,3-4,6-8H2/t11-/m1/s1. The molecule has 0 saturated carbocycles. The van der Waals surface area contributed by atoms with Gasteiger partial charge in [-0.05, 0) is 24.1 Å². The minimum atomic E-state index is -0.361. The Hall–Kier alpha value is -0.420. The van der Waals surface area contributed by atoms with Crippen molar-refractivity contribution in [1.29, 1.82) is 0 Å². The number of hydrogen-bond donors (Lipinski definition) is 1. The molecular formula is C13H15Cl2NO2S. The van der Waals surface area contributed by atoms with Crippen molar-refractivity contribution in [1.82, 2.24) is 4.90 Å². The first-order valence-electron chi connectivity index (χ1n) is 6.04. The molecular weight excluding hydrogens is 305 g/mol. The van der Waals surface area contributed by atoms with Gasteiger partial charge in [0.2, 0.25) is 5.91 Å². The molecule has 2 rings (SSSR count). The zero-order valence-electron chi connectivity index (χ0n) is 10.3. The van der Waals surface area contributed by atoms with Crippen LogP contribution in [0.15, 0.2) is 18.2 Å². The number of likely N-dealkylation sites (tertiary alicyclic amines) is 1. The molecule has 6 heteroatoms. The van der Waals surface area contributed by atoms with Crippen molar-refractivity contribution < 1.29 is 9.90 Å². The van der Waals surface area contributed by atoms with Crippen LogP contribution in [0.5, 0.6) is 0 Å². The Kier molecular flexibility index (Phi) is 5.39. The van der Waals surface area contributed by atoms with E-state index in [-0.39, 0.29) is 12.0 Å². The number of amides is 1. The number of nitrogens with zero attached hydrogens (tertiary/aromatic N) is 1. The molecule has 1 aromatic carbocycles. The van der Waals surface area contributed by atoms with E-state index in [1.165, 1.54) is 11.8 Å². The molecule has 0 spiro atoms. The lowest BCUT2D eigenvalue weighted by Gasteiger charge is -2.15. The van der Waals surface area contributed by atoms with Crippen LogP contribution in [0.3, 0.4) is 0 Å². The van der Waals surface area contributed by atoms with Crippen molar-refractivity contribution in [2.75, 3.05) is 18.8 Å². The maximum Gasteiger partial charge on any atom is 0.232 e. The second kappa shape index (κ2) is 6.84. The van der Waals surface area contributed by atoms with Crippen LogP contribution in [-0.4, -0.2) is 40.9 Å². The van der Waals surface area contributed by atoms with Gasteiger partial charge in [-0.2, -0.15) is 0 Å². The van der Waals surface area contributed by atoms with E-state index in [9.17, 15) is 9.90 Å². The molecule has 3 nitrogen and oxygen atoms in total. The molecule has 1 aliphatic heterocycles. The van der Waals surface area contributed by atoms with E-state index in [1.807, 2.05) is 6.07 Å². The number of benzene rings is 1. The molecule has 1 aliphatic rings. The molecule has 104 valence electrons. The van der Waals surface area contributed by atoms with Crippen molar-refractivity contribution in [2.24, 2.45) is 0 Å². The van der Waals surface area contributed by atoms with E-state index in [0.29, 0.717) is 41.1 Å². The molecule has 0 radical (unpaired) electrons. The molecule has 1 heterocycles. The lowest BCUT2D eigenvalue weighted by Crippen LogP contribution is -2.31. The van der Waals surface area contributed by atoms with Crippen LogP contribution in [0, 0.1) is 0 Å². The summed E-state index contributed by atoms with van der Waals surface area (Å²) in [5.41, 5.74) is 0.977. The van der Waals surface area contributed by atoms with E-state index in [4.69, 9.17) is 23.2 Å². The number of carbonyl (C=O) groups excluding carboxylic acids is 1. The molecule has 0 aromatic heterocycles. The predicted molar refractivity (Wildman–Crippen MR) is 79.8 cm³/mol. The lowest BCUT2D eigenvalue weighted by atomic mass is 10.2. The summed E-state index contributed by atoms with van der Waals surface area (Å²) in [5.74, 6) is 1.16. The number of thioether (sulfide) groups is 1. The number of rotatable bonds is 4. The summed E-state index contributed by atoms with van der Waals surface area (Å²) in [6.45, 7) is 1.11. The molecule has 1 aromatic rings. The summed E-state index contributed by atoms with van der Waals surface area (Å²) < 4.78 is 0. The Morgan fingerprint density at radius 2 is 2.26 bits per heavy atom. The topological polar surface area (TPSA) is 40.5 Å². The SMILES string of the molecule is O=C(CSCc1ccc(Cl)cc1Cl)N1CC[C@@H](O)C1. The fourth-order valence-electron chi connectivity index (χ4n) is 1.95. The average molecular weight is 320 g/mol. The fraction of sp³-hybridized carbons (Fsp3) is 0.462. The molecule has 19 heavy (non-hydrogen) atoms. The zero-order valence-corrected chi connectivity index (χ0v) is 12.6. The highest BCUT2D eigenvalue weighted by atomic mass is 35.5. The molecule has 0 bridgehead atoms. The van der Waals surface area contributed by atoms with Gasteiger partial charge in [-0.15, -0.1) is 11.8 Å². The van der Waals surface area contributed by atoms with Crippen LogP contribution in [0.2, 0.25) is 10.0 Å². The second-order valence-electron chi connectivity index (χ2n) is 4.51. The summed E-state index contributed by atoms with van der Waals surface area (Å²) in [7, 11) is 0. The van der Waals surface area contributed by atoms with Gasteiger partial charge in [0.15, 0.2) is 0 Å². The first kappa shape index (κ1) is 15.0. The van der Waals surface area contributed by atoms with Crippen molar-refractivity contribution in [2.45, 2.75) is 18.3 Å². The average Bonchev–Trinajstić information content (AvgIpc) is 2.78. The molecule has 0 aliphatic carbocycles. The van der Waals surface area contributed by atoms with Crippen molar-refractivity contribution in [3.63, 3.8) is 0 Å². The molecule has 1 saturated heterocycles. The van der Waals surface area contributed by atoms with E-state index in [0.717, 1.165) is 5.56 Å². The highest BCUT2D eigenvalue weighted by Crippen LogP contribution is 2.25. The van der Waals surface area contributed by atoms with Gasteiger partial charge in [-0.1, -0.05) is 29.3 Å². The Labute approximate surface area is 126 Å². The summed E-state index contributed by atoms with van der Waals surface area (Å²) in [6, 6.07) is 5.38. The van der Waals surface area contributed by atoms with Gasteiger partial charge in [-0.25, -0.2) is 0 Å². The third kappa shape index (κ3) is 4.28. The van der Waals surface area contributed by atoms with E-state index >= 15 is 0 Å². The van der Waals surface area contributed by atoms with Crippen molar-refractivity contribution in [3.05, 3.63) is 33.8 Å². The van der Waals surface area contributed by atoms with Crippen LogP contribution in [0.25, 0.3) is 0 Å². The van der Waals surface area contributed by atoms with Gasteiger partial charge < -0.3 is 10.0 Å². The second-order valence-corrected chi connectivity index (χ2v) is 6.34. The Morgan fingerprint density at radius 3 is 2.89 bits per heavy atom. The van der Waals surface area contributed by atoms with Crippen LogP contribution < -0.4 is 0 Å². The molecule has 0 unspecified atom stereocenters. The minimum Gasteiger partial charge on any atom is -0.391 e. The maximum absolute atomic E-state index is 11.9. The number of aliphatic hydroxyl groups excluding tert-OH is 1. The van der Waals surface area contributed by atoms with Crippen LogP contribution >= 0.6 is 35.0 Å². The quantitative estimate of drug-likeness (QED) is 0.927. The van der Waals surface area contributed by atoms with Gasteiger partial charge in [0, 0.05) is 28.9 Å². The van der Waals surface area contributed by atoms with Gasteiger partial charge in [0.05, 0.1) is 11.9 Å². The first-order chi connectivity index (χ1) is 9.06. The van der Waals surface area contributed by atoms with Gasteiger partial charge >= 0.3 is 0 Å². The lowest BCUT2D eigenvalue weighted by molar-refractivity contribution is -0.127. The van der Waals surface area contributed by atoms with Crippen molar-refractivity contribution in [3.8, 4) is 0 Å². The molecule has 1 atom stereocenters. The van der Waals surface area contributed by atoms with Crippen molar-refractivity contribution >= 4 is 40.9 Å². The summed E-state index contributed by atoms with van der Waals surface area (Å²) in [6.07, 6.45) is 0.319. The minimum absolute atomic E-state index is 0.0756. The van der Waals surface area contributed by atoms with E-state index < -0.39 is 0 Å². The maximum atomic E-state index is 11.9. The van der Waals surface area contributed by atoms with Gasteiger partial charge in [0.1, 0.15) is 0 Å².